The highest BCUT2D eigenvalue weighted by atomic mass is 16.5. The van der Waals surface area contributed by atoms with Gasteiger partial charge in [0, 0.05) is 22.5 Å². The van der Waals surface area contributed by atoms with Crippen molar-refractivity contribution >= 4 is 23.0 Å². The molecule has 1 N–H and O–H groups in total. The molecule has 0 atom stereocenters. The monoisotopic (exact) mass is 440 g/mol. The van der Waals surface area contributed by atoms with Crippen LogP contribution < -0.4 is 14.8 Å². The lowest BCUT2D eigenvalue weighted by Crippen LogP contribution is -2.11. The highest BCUT2D eigenvalue weighted by Gasteiger charge is 2.12. The number of hydrogen-bond donors (Lipinski definition) is 1. The number of nitrogens with zero attached hydrogens (tertiary/aromatic N) is 1. The summed E-state index contributed by atoms with van der Waals surface area (Å²) in [6.07, 6.45) is 6.32. The highest BCUT2D eigenvalue weighted by Crippen LogP contribution is 2.26. The van der Waals surface area contributed by atoms with E-state index in [0.717, 1.165) is 65.4 Å². The number of rotatable bonds is 6. The number of amides is 1. The lowest BCUT2D eigenvalue weighted by molar-refractivity contribution is 0.102. The zero-order valence-electron chi connectivity index (χ0n) is 19.0. The van der Waals surface area contributed by atoms with Crippen molar-refractivity contribution in [2.45, 2.75) is 25.7 Å². The minimum atomic E-state index is -0.163. The molecule has 1 amide bonds. The van der Waals surface area contributed by atoms with Crippen molar-refractivity contribution in [3.63, 3.8) is 0 Å². The maximum atomic E-state index is 12.7. The lowest BCUT2D eigenvalue weighted by atomic mass is 10.00. The van der Waals surface area contributed by atoms with Crippen LogP contribution in [-0.4, -0.2) is 25.8 Å². The molecule has 5 nitrogen and oxygen atoms in total. The van der Waals surface area contributed by atoms with Crippen LogP contribution in [0.5, 0.6) is 11.5 Å². The average Bonchev–Trinajstić information content (AvgIpc) is 2.84. The summed E-state index contributed by atoms with van der Waals surface area (Å²) in [7, 11) is 3.27. The van der Waals surface area contributed by atoms with Gasteiger partial charge in [0.25, 0.3) is 5.91 Å². The van der Waals surface area contributed by atoms with E-state index in [9.17, 15) is 4.79 Å². The summed E-state index contributed by atoms with van der Waals surface area (Å²) in [6.45, 7) is 0. The third kappa shape index (κ3) is 5.69. The molecule has 0 saturated carbocycles. The zero-order valence-corrected chi connectivity index (χ0v) is 19.0. The van der Waals surface area contributed by atoms with Crippen LogP contribution >= 0.6 is 0 Å². The molecule has 1 aliphatic rings. The minimum Gasteiger partial charge on any atom is -0.497 e. The Kier molecular flexibility index (Phi) is 7.20. The first-order valence-corrected chi connectivity index (χ1v) is 11.1. The van der Waals surface area contributed by atoms with E-state index in [2.05, 4.69) is 23.5 Å². The molecule has 1 heterocycles. The Hall–Kier alpha value is -3.86. The van der Waals surface area contributed by atoms with Crippen LogP contribution in [0.1, 0.15) is 47.2 Å². The number of nitrogens with one attached hydrogen (secondary N) is 1. The summed E-state index contributed by atoms with van der Waals surface area (Å²) in [6, 6.07) is 23.0. The summed E-state index contributed by atoms with van der Waals surface area (Å²) in [5.74, 6) is 1.39. The number of methoxy groups -OCH3 is 2. The zero-order chi connectivity index (χ0) is 23.0. The van der Waals surface area contributed by atoms with Gasteiger partial charge in [-0.05, 0) is 91.9 Å². The molecule has 0 saturated heterocycles. The molecule has 33 heavy (non-hydrogen) atoms. The van der Waals surface area contributed by atoms with Crippen molar-refractivity contribution in [3.05, 3.63) is 95.6 Å². The van der Waals surface area contributed by atoms with Gasteiger partial charge in [-0.15, -0.1) is 0 Å². The maximum absolute atomic E-state index is 12.7. The first-order chi connectivity index (χ1) is 16.2. The third-order valence-corrected chi connectivity index (χ3v) is 5.65. The van der Waals surface area contributed by atoms with Crippen LogP contribution in [0.3, 0.4) is 0 Å². The second-order valence-corrected chi connectivity index (χ2v) is 7.89. The first-order valence-electron chi connectivity index (χ1n) is 11.1. The maximum Gasteiger partial charge on any atom is 0.255 e. The number of anilines is 1. The third-order valence-electron chi connectivity index (χ3n) is 5.65. The molecule has 4 rings (SSSR count). The normalized spacial score (nSPS) is 13.8. The fraction of sp³-hybridized carbons (Fsp3) is 0.214. The lowest BCUT2D eigenvalue weighted by Gasteiger charge is -2.14. The van der Waals surface area contributed by atoms with E-state index in [-0.39, 0.29) is 5.91 Å². The van der Waals surface area contributed by atoms with Crippen molar-refractivity contribution in [1.29, 1.82) is 0 Å². The number of carbonyl (C=O) groups excluding carboxylic acids is 1. The molecule has 3 aromatic carbocycles. The van der Waals surface area contributed by atoms with E-state index in [1.54, 1.807) is 38.5 Å². The van der Waals surface area contributed by atoms with Crippen molar-refractivity contribution in [2.24, 2.45) is 4.99 Å². The standard InChI is InChI=1S/C28H28N2O3/c1-32-24-15-11-20(12-16-24)26-9-4-3-5-10-27(30-26)22-7-6-8-23(19-22)29-28(31)21-13-17-25(33-2)18-14-21/h6-8,10-19H,3-5,9H2,1-2H3,(H,29,31). The van der Waals surface area contributed by atoms with Crippen LogP contribution in [0.4, 0.5) is 5.69 Å². The van der Waals surface area contributed by atoms with Crippen LogP contribution in [-0.2, 0) is 0 Å². The molecule has 0 aromatic heterocycles. The highest BCUT2D eigenvalue weighted by molar-refractivity contribution is 6.05. The van der Waals surface area contributed by atoms with Gasteiger partial charge in [0.15, 0.2) is 0 Å². The summed E-state index contributed by atoms with van der Waals surface area (Å²) in [5.41, 5.74) is 5.39. The second-order valence-electron chi connectivity index (χ2n) is 7.89. The fourth-order valence-corrected chi connectivity index (χ4v) is 3.80. The SMILES string of the molecule is COc1ccc(C(=O)Nc2cccc(C3=CCCCCC(c4ccc(OC)cc4)=N3)c2)cc1. The van der Waals surface area contributed by atoms with Crippen molar-refractivity contribution < 1.29 is 14.3 Å². The molecule has 168 valence electrons. The van der Waals surface area contributed by atoms with E-state index in [1.807, 2.05) is 36.4 Å². The van der Waals surface area contributed by atoms with Crippen LogP contribution in [0.15, 0.2) is 83.9 Å². The average molecular weight is 441 g/mol. The summed E-state index contributed by atoms with van der Waals surface area (Å²) >= 11 is 0. The van der Waals surface area contributed by atoms with E-state index in [0.29, 0.717) is 5.56 Å². The van der Waals surface area contributed by atoms with Crippen LogP contribution in [0.2, 0.25) is 0 Å². The van der Waals surface area contributed by atoms with E-state index in [4.69, 9.17) is 14.5 Å². The van der Waals surface area contributed by atoms with E-state index < -0.39 is 0 Å². The Labute approximate surface area is 194 Å². The summed E-state index contributed by atoms with van der Waals surface area (Å²) in [5, 5.41) is 2.99. The van der Waals surface area contributed by atoms with E-state index >= 15 is 0 Å². The molecule has 0 radical (unpaired) electrons. The molecular formula is C28H28N2O3. The van der Waals surface area contributed by atoms with E-state index in [1.165, 1.54) is 0 Å². The number of aliphatic imine (C=N–C) groups is 1. The Morgan fingerprint density at radius 2 is 1.55 bits per heavy atom. The van der Waals surface area contributed by atoms with Gasteiger partial charge < -0.3 is 14.8 Å². The van der Waals surface area contributed by atoms with Gasteiger partial charge in [0.05, 0.1) is 19.9 Å². The molecule has 0 unspecified atom stereocenters. The summed E-state index contributed by atoms with van der Waals surface area (Å²) in [4.78, 5) is 17.7. The number of ether oxygens (including phenoxy) is 2. The Balaban J connectivity index is 1.57. The molecule has 1 aliphatic heterocycles. The number of carbonyl (C=O) groups is 1. The van der Waals surface area contributed by atoms with Gasteiger partial charge in [0.1, 0.15) is 11.5 Å². The van der Waals surface area contributed by atoms with Gasteiger partial charge in [-0.25, -0.2) is 0 Å². The molecule has 0 fully saturated rings. The molecule has 3 aromatic rings. The molecule has 0 bridgehead atoms. The van der Waals surface area contributed by atoms with Gasteiger partial charge >= 0.3 is 0 Å². The smallest absolute Gasteiger partial charge is 0.255 e. The first kappa shape index (κ1) is 22.3. The van der Waals surface area contributed by atoms with Crippen LogP contribution in [0.25, 0.3) is 5.70 Å². The minimum absolute atomic E-state index is 0.163. The summed E-state index contributed by atoms with van der Waals surface area (Å²) < 4.78 is 10.5. The molecule has 0 aliphatic carbocycles. The quantitative estimate of drug-likeness (QED) is 0.485. The Morgan fingerprint density at radius 3 is 2.24 bits per heavy atom. The fourth-order valence-electron chi connectivity index (χ4n) is 3.80. The second kappa shape index (κ2) is 10.6. The Morgan fingerprint density at radius 1 is 0.848 bits per heavy atom. The number of hydrogen-bond acceptors (Lipinski definition) is 4. The van der Waals surface area contributed by atoms with Gasteiger partial charge in [0.2, 0.25) is 0 Å². The largest absolute Gasteiger partial charge is 0.497 e. The van der Waals surface area contributed by atoms with Crippen LogP contribution in [0, 0.1) is 0 Å². The Bertz CT molecular complexity index is 1160. The van der Waals surface area contributed by atoms with Gasteiger partial charge in [-0.3, -0.25) is 9.79 Å². The molecular weight excluding hydrogens is 412 g/mol. The van der Waals surface area contributed by atoms with Crippen molar-refractivity contribution in [3.8, 4) is 11.5 Å². The number of allylic oxidation sites excluding steroid dienone is 1. The predicted molar refractivity (Wildman–Crippen MR) is 133 cm³/mol. The van der Waals surface area contributed by atoms with Crippen molar-refractivity contribution in [1.82, 2.24) is 0 Å². The van der Waals surface area contributed by atoms with Crippen molar-refractivity contribution in [2.75, 3.05) is 19.5 Å². The predicted octanol–water partition coefficient (Wildman–Crippen LogP) is 6.36. The van der Waals surface area contributed by atoms with Gasteiger partial charge in [-0.1, -0.05) is 18.2 Å². The molecule has 0 spiro atoms. The van der Waals surface area contributed by atoms with Gasteiger partial charge in [-0.2, -0.15) is 0 Å². The molecule has 5 heteroatoms. The number of benzene rings is 3. The topological polar surface area (TPSA) is 59.9 Å².